The Kier molecular flexibility index (Phi) is 6.54. The minimum absolute atomic E-state index is 0.0912. The van der Waals surface area contributed by atoms with Crippen LogP contribution in [0.4, 0.5) is 10.1 Å². The van der Waals surface area contributed by atoms with Crippen LogP contribution >= 0.6 is 22.9 Å². The van der Waals surface area contributed by atoms with Crippen LogP contribution < -0.4 is 10.9 Å². The van der Waals surface area contributed by atoms with Crippen molar-refractivity contribution in [2.45, 2.75) is 33.7 Å². The molecule has 4 rings (SSSR count). The Labute approximate surface area is 199 Å². The fourth-order valence-corrected chi connectivity index (χ4v) is 5.58. The highest BCUT2D eigenvalue weighted by Crippen LogP contribution is 2.28. The number of fused-ring (bicyclic) bond motifs is 1. The molecular formula is C23H24ClFN4O3S. The first kappa shape index (κ1) is 23.4. The van der Waals surface area contributed by atoms with E-state index in [1.54, 1.807) is 6.92 Å². The second-order valence-corrected chi connectivity index (χ2v) is 10.1. The average molecular weight is 491 g/mol. The molecule has 2 aromatic heterocycles. The molecule has 1 saturated heterocycles. The molecule has 0 aliphatic carbocycles. The lowest BCUT2D eigenvalue weighted by Gasteiger charge is -2.35. The summed E-state index contributed by atoms with van der Waals surface area (Å²) in [7, 11) is 0. The molecule has 174 valence electrons. The van der Waals surface area contributed by atoms with Gasteiger partial charge in [0.15, 0.2) is 0 Å². The molecule has 1 N–H and O–H groups in total. The minimum Gasteiger partial charge on any atom is -0.341 e. The quantitative estimate of drug-likeness (QED) is 0.590. The summed E-state index contributed by atoms with van der Waals surface area (Å²) >= 11 is 6.87. The molecule has 7 nitrogen and oxygen atoms in total. The smallest absolute Gasteiger partial charge is 0.266 e. The zero-order valence-corrected chi connectivity index (χ0v) is 20.1. The van der Waals surface area contributed by atoms with E-state index >= 15 is 0 Å². The maximum Gasteiger partial charge on any atom is 0.266 e. The van der Waals surface area contributed by atoms with Gasteiger partial charge in [-0.15, -0.1) is 11.3 Å². The van der Waals surface area contributed by atoms with Crippen LogP contribution in [0, 0.1) is 24.6 Å². The van der Waals surface area contributed by atoms with Gasteiger partial charge < -0.3 is 10.2 Å². The molecule has 33 heavy (non-hydrogen) atoms. The number of likely N-dealkylation sites (tertiary alicyclic amines) is 1. The maximum atomic E-state index is 13.4. The number of carbonyl (C=O) groups is 2. The largest absolute Gasteiger partial charge is 0.341 e. The fraction of sp³-hybridized carbons (Fsp3) is 0.391. The number of rotatable bonds is 4. The fourth-order valence-electron chi connectivity index (χ4n) is 4.36. The number of hydrogen-bond acceptors (Lipinski definition) is 5. The van der Waals surface area contributed by atoms with Gasteiger partial charge in [0.25, 0.3) is 11.5 Å². The molecule has 2 atom stereocenters. The topological polar surface area (TPSA) is 84.3 Å². The van der Waals surface area contributed by atoms with E-state index < -0.39 is 11.7 Å². The van der Waals surface area contributed by atoms with E-state index in [-0.39, 0.29) is 23.0 Å². The first-order valence-corrected chi connectivity index (χ1v) is 11.9. The van der Waals surface area contributed by atoms with Gasteiger partial charge in [-0.1, -0.05) is 25.4 Å². The molecule has 0 unspecified atom stereocenters. The van der Waals surface area contributed by atoms with Crippen molar-refractivity contribution >= 4 is 50.7 Å². The number of amides is 2. The van der Waals surface area contributed by atoms with Crippen LogP contribution in [0.1, 0.15) is 35.5 Å². The van der Waals surface area contributed by atoms with Crippen molar-refractivity contribution in [3.63, 3.8) is 0 Å². The molecular weight excluding hydrogens is 467 g/mol. The third kappa shape index (κ3) is 4.79. The Hall–Kier alpha value is -2.78. The van der Waals surface area contributed by atoms with Crippen molar-refractivity contribution in [3.8, 4) is 0 Å². The summed E-state index contributed by atoms with van der Waals surface area (Å²) in [5, 5.41) is 2.88. The molecule has 1 aromatic carbocycles. The van der Waals surface area contributed by atoms with Crippen LogP contribution in [0.2, 0.25) is 5.02 Å². The lowest BCUT2D eigenvalue weighted by atomic mass is 9.92. The van der Waals surface area contributed by atoms with Crippen molar-refractivity contribution in [2.24, 2.45) is 11.8 Å². The van der Waals surface area contributed by atoms with Gasteiger partial charge >= 0.3 is 0 Å². The first-order chi connectivity index (χ1) is 15.6. The third-order valence-electron chi connectivity index (χ3n) is 5.83. The number of piperidine rings is 1. The Morgan fingerprint density at radius 2 is 1.97 bits per heavy atom. The summed E-state index contributed by atoms with van der Waals surface area (Å²) < 4.78 is 14.7. The molecule has 0 saturated carbocycles. The van der Waals surface area contributed by atoms with Gasteiger partial charge in [-0.2, -0.15) is 0 Å². The number of anilines is 1. The Bertz CT molecular complexity index is 1290. The van der Waals surface area contributed by atoms with E-state index in [9.17, 15) is 18.8 Å². The molecule has 1 aliphatic heterocycles. The van der Waals surface area contributed by atoms with Gasteiger partial charge in [-0.25, -0.2) is 9.37 Å². The van der Waals surface area contributed by atoms with Crippen molar-refractivity contribution in [2.75, 3.05) is 18.4 Å². The van der Waals surface area contributed by atoms with Crippen LogP contribution in [0.3, 0.4) is 0 Å². The average Bonchev–Trinajstić information content (AvgIpc) is 3.09. The predicted octanol–water partition coefficient (Wildman–Crippen LogP) is 4.32. The van der Waals surface area contributed by atoms with E-state index in [1.165, 1.54) is 23.0 Å². The number of aryl methyl sites for hydroxylation is 1. The SMILES string of the molecule is Cc1c(C(=O)Nc2ccc(F)c(Cl)c2)sc2ncn(CC(=O)N3C[C@H](C)C[C@H](C)C3)c(=O)c12. The molecule has 0 bridgehead atoms. The van der Waals surface area contributed by atoms with E-state index in [1.807, 2.05) is 4.90 Å². The molecule has 1 fully saturated rings. The summed E-state index contributed by atoms with van der Waals surface area (Å²) in [6.07, 6.45) is 2.44. The van der Waals surface area contributed by atoms with E-state index in [4.69, 9.17) is 11.6 Å². The zero-order chi connectivity index (χ0) is 23.9. The monoisotopic (exact) mass is 490 g/mol. The number of benzene rings is 1. The lowest BCUT2D eigenvalue weighted by molar-refractivity contribution is -0.134. The van der Waals surface area contributed by atoms with Crippen LogP contribution in [0.5, 0.6) is 0 Å². The first-order valence-electron chi connectivity index (χ1n) is 10.7. The van der Waals surface area contributed by atoms with E-state index in [0.717, 1.165) is 23.8 Å². The summed E-state index contributed by atoms with van der Waals surface area (Å²) in [6.45, 7) is 7.19. The highest BCUT2D eigenvalue weighted by molar-refractivity contribution is 7.20. The number of hydrogen-bond donors (Lipinski definition) is 1. The van der Waals surface area contributed by atoms with Crippen molar-refractivity contribution in [1.29, 1.82) is 0 Å². The number of thiophene rings is 1. The van der Waals surface area contributed by atoms with Crippen molar-refractivity contribution in [1.82, 2.24) is 14.5 Å². The lowest BCUT2D eigenvalue weighted by Crippen LogP contribution is -2.44. The van der Waals surface area contributed by atoms with E-state index in [2.05, 4.69) is 24.1 Å². The van der Waals surface area contributed by atoms with Crippen LogP contribution in [-0.4, -0.2) is 39.4 Å². The Balaban J connectivity index is 1.58. The number of aromatic nitrogens is 2. The summed E-state index contributed by atoms with van der Waals surface area (Å²) in [5.74, 6) is -0.301. The normalized spacial score (nSPS) is 18.5. The summed E-state index contributed by atoms with van der Waals surface area (Å²) in [4.78, 5) is 45.7. The van der Waals surface area contributed by atoms with Gasteiger partial charge in [0.2, 0.25) is 5.91 Å². The number of halogens is 2. The van der Waals surface area contributed by atoms with Gasteiger partial charge in [0, 0.05) is 18.8 Å². The zero-order valence-electron chi connectivity index (χ0n) is 18.5. The summed E-state index contributed by atoms with van der Waals surface area (Å²) in [5.41, 5.74) is 0.466. The minimum atomic E-state index is -0.583. The van der Waals surface area contributed by atoms with E-state index in [0.29, 0.717) is 51.3 Å². The second kappa shape index (κ2) is 9.23. The summed E-state index contributed by atoms with van der Waals surface area (Å²) in [6, 6.07) is 3.88. The van der Waals surface area contributed by atoms with Gasteiger partial charge in [-0.05, 0) is 48.9 Å². The van der Waals surface area contributed by atoms with Crippen molar-refractivity contribution in [3.05, 3.63) is 56.2 Å². The van der Waals surface area contributed by atoms with Crippen LogP contribution in [0.15, 0.2) is 29.3 Å². The second-order valence-electron chi connectivity index (χ2n) is 8.74. The van der Waals surface area contributed by atoms with Gasteiger partial charge in [-0.3, -0.25) is 19.0 Å². The maximum absolute atomic E-state index is 13.4. The number of nitrogens with zero attached hydrogens (tertiary/aromatic N) is 3. The van der Waals surface area contributed by atoms with Gasteiger partial charge in [0.1, 0.15) is 17.2 Å². The number of nitrogens with one attached hydrogen (secondary N) is 1. The van der Waals surface area contributed by atoms with Crippen LogP contribution in [-0.2, 0) is 11.3 Å². The van der Waals surface area contributed by atoms with Gasteiger partial charge in [0.05, 0.1) is 21.6 Å². The Morgan fingerprint density at radius 1 is 1.27 bits per heavy atom. The third-order valence-corrected chi connectivity index (χ3v) is 7.32. The number of carbonyl (C=O) groups excluding carboxylic acids is 2. The Morgan fingerprint density at radius 3 is 2.64 bits per heavy atom. The molecule has 0 radical (unpaired) electrons. The molecule has 1 aliphatic rings. The molecule has 2 amide bonds. The van der Waals surface area contributed by atoms with Crippen molar-refractivity contribution < 1.29 is 14.0 Å². The highest BCUT2D eigenvalue weighted by Gasteiger charge is 2.26. The molecule has 3 heterocycles. The molecule has 10 heteroatoms. The highest BCUT2D eigenvalue weighted by atomic mass is 35.5. The standard InChI is InChI=1S/C23H24ClFN4O3S/c1-12-6-13(2)9-28(8-12)18(30)10-29-11-26-22-19(23(29)32)14(3)20(33-22)21(31)27-15-4-5-17(25)16(24)7-15/h4-5,7,11-13H,6,8-10H2,1-3H3,(H,27,31)/t12-,13+. The van der Waals surface area contributed by atoms with Crippen LogP contribution in [0.25, 0.3) is 10.2 Å². The predicted molar refractivity (Wildman–Crippen MR) is 128 cm³/mol. The molecule has 3 aromatic rings. The molecule has 0 spiro atoms.